The molecular weight excluding hydrogens is 468 g/mol. The number of carboxylic acids is 5. The molecule has 0 aromatic carbocycles. The number of aliphatic hydroxyl groups excluding tert-OH is 2. The zero-order valence-corrected chi connectivity index (χ0v) is 18.4. The van der Waals surface area contributed by atoms with Gasteiger partial charge in [0.25, 0.3) is 0 Å². The van der Waals surface area contributed by atoms with Gasteiger partial charge in [0.05, 0.1) is 6.42 Å². The van der Waals surface area contributed by atoms with Gasteiger partial charge in [-0.3, -0.25) is 19.2 Å². The third-order valence-corrected chi connectivity index (χ3v) is 3.04. The maximum Gasteiger partial charge on any atom is 0.332 e. The highest BCUT2D eigenvalue weighted by Crippen LogP contribution is 1.99. The van der Waals surface area contributed by atoms with E-state index in [1.807, 2.05) is 0 Å². The quantitative estimate of drug-likeness (QED) is 0.0877. The van der Waals surface area contributed by atoms with Gasteiger partial charge < -0.3 is 57.1 Å². The molecule has 0 spiro atoms. The molecule has 200 valence electrons. The van der Waals surface area contributed by atoms with Gasteiger partial charge in [0, 0.05) is 25.7 Å². The van der Waals surface area contributed by atoms with Gasteiger partial charge in [0.2, 0.25) is 0 Å². The number of rotatable bonds is 14. The molecular formula is C18H34N2O14. The summed E-state index contributed by atoms with van der Waals surface area (Å²) in [4.78, 5) is 58.5. The second kappa shape index (κ2) is 26.1. The molecule has 2 unspecified atom stereocenters. The summed E-state index contributed by atoms with van der Waals surface area (Å²) in [5, 5.41) is 65.3. The lowest BCUT2D eigenvalue weighted by atomic mass is 10.2. The van der Waals surface area contributed by atoms with Crippen LogP contribution >= 0.6 is 0 Å². The van der Waals surface area contributed by atoms with E-state index in [-0.39, 0.29) is 44.9 Å². The van der Waals surface area contributed by atoms with Crippen molar-refractivity contribution in [2.45, 2.75) is 69.8 Å². The van der Waals surface area contributed by atoms with Crippen LogP contribution in [0.3, 0.4) is 0 Å². The number of carboxylic acid groups (broad SMARTS) is 5. The van der Waals surface area contributed by atoms with Gasteiger partial charge >= 0.3 is 29.8 Å². The smallest absolute Gasteiger partial charge is 0.332 e. The minimum Gasteiger partial charge on any atom is -0.481 e. The molecule has 0 aromatic rings. The third-order valence-electron chi connectivity index (χ3n) is 3.04. The summed E-state index contributed by atoms with van der Waals surface area (Å²) in [6.07, 6.45) is -2.12. The fourth-order valence-corrected chi connectivity index (χ4v) is 1.27. The molecule has 2 atom stereocenters. The Morgan fingerprint density at radius 2 is 1.18 bits per heavy atom. The van der Waals surface area contributed by atoms with Gasteiger partial charge in [-0.1, -0.05) is 0 Å². The molecule has 16 nitrogen and oxygen atoms in total. The second-order valence-electron chi connectivity index (χ2n) is 6.17. The Bertz CT molecular complexity index is 597. The van der Waals surface area contributed by atoms with E-state index in [1.54, 1.807) is 0 Å². The van der Waals surface area contributed by atoms with Crippen molar-refractivity contribution in [3.8, 4) is 0 Å². The van der Waals surface area contributed by atoms with E-state index in [1.165, 1.54) is 0 Å². The first-order chi connectivity index (χ1) is 15.6. The summed E-state index contributed by atoms with van der Waals surface area (Å²) in [6, 6.07) is -1.06. The van der Waals surface area contributed by atoms with Crippen LogP contribution in [0.1, 0.15) is 51.4 Å². The number of hydrogen-bond donors (Lipinski definition) is 10. The van der Waals surface area contributed by atoms with E-state index in [9.17, 15) is 28.8 Å². The number of carbonyl (C=O) groups excluding carboxylic acids is 1. The van der Waals surface area contributed by atoms with Gasteiger partial charge in [-0.15, -0.1) is 0 Å². The average molecular weight is 502 g/mol. The molecule has 0 rings (SSSR count). The van der Waals surface area contributed by atoms with Crippen molar-refractivity contribution >= 4 is 36.1 Å². The van der Waals surface area contributed by atoms with Crippen LogP contribution in [0, 0.1) is 0 Å². The molecule has 34 heavy (non-hydrogen) atoms. The van der Waals surface area contributed by atoms with E-state index >= 15 is 0 Å². The van der Waals surface area contributed by atoms with Crippen molar-refractivity contribution in [1.29, 1.82) is 0 Å². The Morgan fingerprint density at radius 1 is 0.706 bits per heavy atom. The van der Waals surface area contributed by atoms with Crippen molar-refractivity contribution in [3.63, 3.8) is 0 Å². The number of aldehydes is 1. The van der Waals surface area contributed by atoms with Crippen LogP contribution in [0.2, 0.25) is 0 Å². The van der Waals surface area contributed by atoms with Crippen molar-refractivity contribution in [3.05, 3.63) is 0 Å². The average Bonchev–Trinajstić information content (AvgIpc) is 2.73. The first-order valence-electron chi connectivity index (χ1n) is 9.66. The minimum atomic E-state index is -1.55. The van der Waals surface area contributed by atoms with E-state index in [0.717, 1.165) is 0 Å². The van der Waals surface area contributed by atoms with Crippen molar-refractivity contribution in [2.24, 2.45) is 11.5 Å². The van der Waals surface area contributed by atoms with Crippen molar-refractivity contribution in [1.82, 2.24) is 0 Å². The number of aliphatic hydroxyl groups is 3. The van der Waals surface area contributed by atoms with Gasteiger partial charge in [-0.05, 0) is 25.8 Å². The maximum absolute atomic E-state index is 9.99. The van der Waals surface area contributed by atoms with Crippen LogP contribution in [0.5, 0.6) is 0 Å². The highest BCUT2D eigenvalue weighted by molar-refractivity contribution is 5.74. The first-order valence-corrected chi connectivity index (χ1v) is 9.66. The SMILES string of the molecule is NC(CCC(=O)O)C(=O)O.NCCCC(=O)O.O=C(O)C(O)CCC(O)O.O=CCCC(=O)O. The van der Waals surface area contributed by atoms with Crippen molar-refractivity contribution < 1.29 is 69.6 Å². The zero-order valence-electron chi connectivity index (χ0n) is 18.4. The fraction of sp³-hybridized carbons (Fsp3) is 0.667. The molecule has 0 aromatic heterocycles. The molecule has 0 aliphatic carbocycles. The van der Waals surface area contributed by atoms with Crippen LogP contribution in [0.15, 0.2) is 0 Å². The summed E-state index contributed by atoms with van der Waals surface area (Å²) >= 11 is 0. The molecule has 0 bridgehead atoms. The molecule has 0 saturated heterocycles. The molecule has 0 heterocycles. The van der Waals surface area contributed by atoms with E-state index in [0.29, 0.717) is 19.3 Å². The highest BCUT2D eigenvalue weighted by Gasteiger charge is 2.13. The molecule has 0 saturated carbocycles. The third kappa shape index (κ3) is 42.8. The van der Waals surface area contributed by atoms with Crippen LogP contribution < -0.4 is 11.5 Å². The van der Waals surface area contributed by atoms with E-state index in [2.05, 4.69) is 0 Å². The van der Waals surface area contributed by atoms with E-state index < -0.39 is 48.3 Å². The van der Waals surface area contributed by atoms with Crippen molar-refractivity contribution in [2.75, 3.05) is 6.54 Å². The molecule has 16 heteroatoms. The summed E-state index contributed by atoms with van der Waals surface area (Å²) in [5.74, 6) is -5.24. The maximum atomic E-state index is 9.99. The van der Waals surface area contributed by atoms with Gasteiger partial charge in [-0.2, -0.15) is 0 Å². The van der Waals surface area contributed by atoms with E-state index in [4.69, 9.17) is 52.3 Å². The molecule has 0 amide bonds. The number of hydrogen-bond acceptors (Lipinski definition) is 11. The lowest BCUT2D eigenvalue weighted by molar-refractivity contribution is -0.148. The monoisotopic (exact) mass is 502 g/mol. The van der Waals surface area contributed by atoms with Gasteiger partial charge in [-0.25, -0.2) is 4.79 Å². The minimum absolute atomic E-state index is 0.0231. The lowest BCUT2D eigenvalue weighted by Gasteiger charge is -2.05. The lowest BCUT2D eigenvalue weighted by Crippen LogP contribution is -2.30. The van der Waals surface area contributed by atoms with Crippen LogP contribution in [0.25, 0.3) is 0 Å². The summed E-state index contributed by atoms with van der Waals surface area (Å²) < 4.78 is 0. The Labute approximate surface area is 194 Å². The van der Waals surface area contributed by atoms with Gasteiger partial charge in [0.1, 0.15) is 12.3 Å². The Kier molecular flexibility index (Phi) is 29.2. The molecule has 0 radical (unpaired) electrons. The second-order valence-corrected chi connectivity index (χ2v) is 6.17. The number of nitrogens with two attached hydrogens (primary N) is 2. The summed E-state index contributed by atoms with van der Waals surface area (Å²) in [7, 11) is 0. The predicted molar refractivity (Wildman–Crippen MR) is 112 cm³/mol. The molecule has 12 N–H and O–H groups in total. The molecule has 0 fully saturated rings. The standard InChI is InChI=1S/C5H9NO4.C5H10O5.C4H9NO2.C4H6O3/c2*6-3(5(9)10)1-2-4(7)8;2*5-3-1-2-4(6)7/h3H,1-2,6H2,(H,7,8)(H,9,10);3-4,6-8H,1-2H2,(H,9,10);1-3,5H2,(H,6,7);3H,1-2H2,(H,6,7). The Balaban J connectivity index is -0.000000179. The highest BCUT2D eigenvalue weighted by atomic mass is 16.5. The summed E-state index contributed by atoms with van der Waals surface area (Å²) in [5.41, 5.74) is 10.0. The normalized spacial score (nSPS) is 11.1. The van der Waals surface area contributed by atoms with Gasteiger partial charge in [0.15, 0.2) is 12.4 Å². The number of carbonyl (C=O) groups is 6. The largest absolute Gasteiger partial charge is 0.481 e. The number of aliphatic carboxylic acids is 5. The van der Waals surface area contributed by atoms with Crippen LogP contribution in [0.4, 0.5) is 0 Å². The molecule has 0 aliphatic heterocycles. The molecule has 0 aliphatic rings. The topological polar surface area (TPSA) is 316 Å². The fourth-order valence-electron chi connectivity index (χ4n) is 1.27. The zero-order chi connectivity index (χ0) is 27.7. The Hall–Kier alpha value is -3.18. The first kappa shape index (κ1) is 38.1. The predicted octanol–water partition coefficient (Wildman–Crippen LogP) is -2.35. The Morgan fingerprint density at radius 3 is 1.41 bits per heavy atom. The van der Waals surface area contributed by atoms with Crippen LogP contribution in [-0.2, 0) is 28.8 Å². The summed E-state index contributed by atoms with van der Waals surface area (Å²) in [6.45, 7) is 0.465. The van der Waals surface area contributed by atoms with Crippen LogP contribution in [-0.4, -0.2) is 102 Å².